The summed E-state index contributed by atoms with van der Waals surface area (Å²) in [6.45, 7) is 2.01. The fraction of sp³-hybridized carbons (Fsp3) is 0.0769. The van der Waals surface area contributed by atoms with Gasteiger partial charge in [0.1, 0.15) is 0 Å². The lowest BCUT2D eigenvalue weighted by atomic mass is 10.1. The molecule has 4 heteroatoms. The second-order valence-corrected chi connectivity index (χ2v) is 4.68. The van der Waals surface area contributed by atoms with Gasteiger partial charge in [0, 0.05) is 17.3 Å². The van der Waals surface area contributed by atoms with E-state index in [-0.39, 0.29) is 0 Å². The highest BCUT2D eigenvalue weighted by Gasteiger charge is 2.14. The maximum absolute atomic E-state index is 4.30. The van der Waals surface area contributed by atoms with Crippen LogP contribution in [-0.2, 0) is 0 Å². The SMILES string of the molecule is Cc1n[nH]c(-c2ccccc2)c1-c1cncs1. The molecule has 3 rings (SSSR count). The van der Waals surface area contributed by atoms with Gasteiger partial charge in [0.25, 0.3) is 0 Å². The van der Waals surface area contributed by atoms with Crippen molar-refractivity contribution in [2.24, 2.45) is 0 Å². The zero-order valence-corrected chi connectivity index (χ0v) is 10.2. The third-order valence-corrected chi connectivity index (χ3v) is 3.48. The Morgan fingerprint density at radius 3 is 2.71 bits per heavy atom. The van der Waals surface area contributed by atoms with Crippen molar-refractivity contribution >= 4 is 11.3 Å². The number of nitrogens with zero attached hydrogens (tertiary/aromatic N) is 2. The summed E-state index contributed by atoms with van der Waals surface area (Å²) in [7, 11) is 0. The fourth-order valence-corrected chi connectivity index (χ4v) is 2.61. The summed E-state index contributed by atoms with van der Waals surface area (Å²) in [5.74, 6) is 0. The molecule has 0 aliphatic rings. The van der Waals surface area contributed by atoms with E-state index in [9.17, 15) is 0 Å². The third-order valence-electron chi connectivity index (χ3n) is 2.69. The van der Waals surface area contributed by atoms with Gasteiger partial charge in [0.2, 0.25) is 0 Å². The molecule has 0 spiro atoms. The van der Waals surface area contributed by atoms with Crippen LogP contribution in [0.15, 0.2) is 42.0 Å². The van der Waals surface area contributed by atoms with Crippen LogP contribution in [0.25, 0.3) is 21.7 Å². The lowest BCUT2D eigenvalue weighted by molar-refractivity contribution is 1.05. The Bertz CT molecular complexity index is 611. The predicted octanol–water partition coefficient (Wildman–Crippen LogP) is 3.51. The van der Waals surface area contributed by atoms with E-state index in [4.69, 9.17) is 0 Å². The molecule has 17 heavy (non-hydrogen) atoms. The standard InChI is InChI=1S/C13H11N3S/c1-9-12(11-7-14-8-17-11)13(16-15-9)10-5-3-2-4-6-10/h2-8H,1H3,(H,15,16). The Kier molecular flexibility index (Phi) is 2.49. The quantitative estimate of drug-likeness (QED) is 0.746. The van der Waals surface area contributed by atoms with Crippen molar-refractivity contribution in [2.75, 3.05) is 0 Å². The van der Waals surface area contributed by atoms with Crippen LogP contribution < -0.4 is 0 Å². The molecule has 1 aromatic carbocycles. The van der Waals surface area contributed by atoms with Gasteiger partial charge in [-0.1, -0.05) is 30.3 Å². The highest BCUT2D eigenvalue weighted by atomic mass is 32.1. The van der Waals surface area contributed by atoms with Crippen molar-refractivity contribution < 1.29 is 0 Å². The van der Waals surface area contributed by atoms with Crippen LogP contribution in [0.3, 0.4) is 0 Å². The first kappa shape index (κ1) is 10.2. The lowest BCUT2D eigenvalue weighted by Gasteiger charge is -2.01. The van der Waals surface area contributed by atoms with E-state index in [1.165, 1.54) is 0 Å². The second kappa shape index (κ2) is 4.14. The molecule has 0 amide bonds. The van der Waals surface area contributed by atoms with Crippen molar-refractivity contribution in [3.8, 4) is 21.7 Å². The summed E-state index contributed by atoms with van der Waals surface area (Å²) in [5, 5.41) is 7.41. The normalized spacial score (nSPS) is 10.6. The van der Waals surface area contributed by atoms with Crippen molar-refractivity contribution in [1.82, 2.24) is 15.2 Å². The smallest absolute Gasteiger partial charge is 0.0798 e. The van der Waals surface area contributed by atoms with Crippen LogP contribution >= 0.6 is 11.3 Å². The molecule has 0 unspecified atom stereocenters. The van der Waals surface area contributed by atoms with Gasteiger partial charge in [-0.3, -0.25) is 10.1 Å². The van der Waals surface area contributed by atoms with Gasteiger partial charge in [-0.15, -0.1) is 11.3 Å². The van der Waals surface area contributed by atoms with Crippen LogP contribution in [0.5, 0.6) is 0 Å². The minimum absolute atomic E-state index is 1.01. The van der Waals surface area contributed by atoms with Gasteiger partial charge in [-0.05, 0) is 6.92 Å². The Morgan fingerprint density at radius 1 is 1.18 bits per heavy atom. The minimum Gasteiger partial charge on any atom is -0.277 e. The maximum atomic E-state index is 4.30. The number of aromatic nitrogens is 3. The minimum atomic E-state index is 1.01. The average molecular weight is 241 g/mol. The summed E-state index contributed by atoms with van der Waals surface area (Å²) in [6, 6.07) is 10.2. The fourth-order valence-electron chi connectivity index (χ4n) is 1.89. The zero-order chi connectivity index (χ0) is 11.7. The predicted molar refractivity (Wildman–Crippen MR) is 69.9 cm³/mol. The van der Waals surface area contributed by atoms with E-state index in [1.807, 2.05) is 36.8 Å². The Hall–Kier alpha value is -1.94. The van der Waals surface area contributed by atoms with Gasteiger partial charge in [-0.25, -0.2) is 0 Å². The summed E-state index contributed by atoms with van der Waals surface area (Å²) < 4.78 is 0. The topological polar surface area (TPSA) is 41.6 Å². The molecule has 3 nitrogen and oxygen atoms in total. The van der Waals surface area contributed by atoms with Gasteiger partial charge in [0.15, 0.2) is 0 Å². The molecule has 0 aliphatic heterocycles. The molecule has 84 valence electrons. The summed E-state index contributed by atoms with van der Waals surface area (Å²) in [6.07, 6.45) is 1.88. The number of aromatic amines is 1. The first-order chi connectivity index (χ1) is 8.36. The molecule has 0 saturated carbocycles. The number of thiazole rings is 1. The highest BCUT2D eigenvalue weighted by Crippen LogP contribution is 2.34. The number of hydrogen-bond acceptors (Lipinski definition) is 3. The van der Waals surface area contributed by atoms with E-state index < -0.39 is 0 Å². The lowest BCUT2D eigenvalue weighted by Crippen LogP contribution is -1.81. The zero-order valence-electron chi connectivity index (χ0n) is 9.34. The second-order valence-electron chi connectivity index (χ2n) is 3.79. The molecule has 0 bridgehead atoms. The molecule has 0 saturated heterocycles. The Labute approximate surface area is 103 Å². The number of hydrogen-bond donors (Lipinski definition) is 1. The largest absolute Gasteiger partial charge is 0.277 e. The summed E-state index contributed by atoms with van der Waals surface area (Å²) >= 11 is 1.63. The van der Waals surface area contributed by atoms with E-state index in [2.05, 4.69) is 27.3 Å². The highest BCUT2D eigenvalue weighted by molar-refractivity contribution is 7.13. The molecule has 3 aromatic rings. The van der Waals surface area contributed by atoms with Gasteiger partial charge < -0.3 is 0 Å². The number of aryl methyl sites for hydroxylation is 1. The molecule has 0 aliphatic carbocycles. The maximum Gasteiger partial charge on any atom is 0.0798 e. The van der Waals surface area contributed by atoms with Crippen LogP contribution in [0.2, 0.25) is 0 Å². The molecule has 0 atom stereocenters. The molecular formula is C13H11N3S. The van der Waals surface area contributed by atoms with Crippen molar-refractivity contribution in [3.05, 3.63) is 47.7 Å². The average Bonchev–Trinajstić information content (AvgIpc) is 2.99. The Balaban J connectivity index is 2.20. The Morgan fingerprint density at radius 2 is 2.00 bits per heavy atom. The number of rotatable bonds is 2. The monoisotopic (exact) mass is 241 g/mol. The molecule has 0 radical (unpaired) electrons. The molecule has 0 fully saturated rings. The van der Waals surface area contributed by atoms with E-state index in [0.717, 1.165) is 27.4 Å². The van der Waals surface area contributed by atoms with E-state index >= 15 is 0 Å². The third kappa shape index (κ3) is 1.76. The van der Waals surface area contributed by atoms with Crippen LogP contribution in [0.1, 0.15) is 5.69 Å². The first-order valence-electron chi connectivity index (χ1n) is 5.35. The number of H-pyrrole nitrogens is 1. The van der Waals surface area contributed by atoms with Crippen LogP contribution in [0, 0.1) is 6.92 Å². The number of nitrogens with one attached hydrogen (secondary N) is 1. The molecule has 2 heterocycles. The van der Waals surface area contributed by atoms with Crippen LogP contribution in [0.4, 0.5) is 0 Å². The van der Waals surface area contributed by atoms with Gasteiger partial charge >= 0.3 is 0 Å². The molecule has 2 aromatic heterocycles. The van der Waals surface area contributed by atoms with Crippen molar-refractivity contribution in [2.45, 2.75) is 6.92 Å². The van der Waals surface area contributed by atoms with Crippen LogP contribution in [-0.4, -0.2) is 15.2 Å². The van der Waals surface area contributed by atoms with Crippen molar-refractivity contribution in [3.63, 3.8) is 0 Å². The first-order valence-corrected chi connectivity index (χ1v) is 6.23. The van der Waals surface area contributed by atoms with Gasteiger partial charge in [0.05, 0.1) is 21.8 Å². The molecule has 1 N–H and O–H groups in total. The van der Waals surface area contributed by atoms with Crippen molar-refractivity contribution in [1.29, 1.82) is 0 Å². The summed E-state index contributed by atoms with van der Waals surface area (Å²) in [5.41, 5.74) is 6.21. The molecular weight excluding hydrogens is 230 g/mol. The van der Waals surface area contributed by atoms with E-state index in [1.54, 1.807) is 11.3 Å². The number of benzene rings is 1. The van der Waals surface area contributed by atoms with Gasteiger partial charge in [-0.2, -0.15) is 5.10 Å². The summed E-state index contributed by atoms with van der Waals surface area (Å²) in [4.78, 5) is 5.28. The van der Waals surface area contributed by atoms with E-state index in [0.29, 0.717) is 0 Å².